The highest BCUT2D eigenvalue weighted by atomic mass is 32.2. The second-order valence-electron chi connectivity index (χ2n) is 6.70. The molecule has 0 unspecified atom stereocenters. The summed E-state index contributed by atoms with van der Waals surface area (Å²) in [5.74, 6) is -2.94. The third-order valence-corrected chi connectivity index (χ3v) is 7.33. The molecule has 0 saturated heterocycles. The first-order valence-electron chi connectivity index (χ1n) is 9.92. The quantitative estimate of drug-likeness (QED) is 0.223. The van der Waals surface area contributed by atoms with E-state index in [9.17, 15) is 52.8 Å². The average molecular weight is 610 g/mol. The molecule has 0 spiro atoms. The molecule has 0 fully saturated rings. The first-order valence-corrected chi connectivity index (χ1v) is 12.8. The van der Waals surface area contributed by atoms with E-state index >= 15 is 0 Å². The highest BCUT2D eigenvalue weighted by Crippen LogP contribution is 2.35. The molecule has 0 saturated carbocycles. The summed E-state index contributed by atoms with van der Waals surface area (Å²) in [4.78, 5) is 27.7. The van der Waals surface area contributed by atoms with Crippen molar-refractivity contribution in [2.45, 2.75) is 29.4 Å². The number of benzene rings is 2. The number of hydrogen-bond acceptors (Lipinski definition) is 10. The Kier molecular flexibility index (Phi) is 9.69. The minimum atomic E-state index is -6.23. The molecular formula is C19H16F6N2O10S2. The van der Waals surface area contributed by atoms with Crippen LogP contribution in [0.15, 0.2) is 58.3 Å². The van der Waals surface area contributed by atoms with Gasteiger partial charge in [-0.25, -0.2) is 26.4 Å². The molecule has 0 aliphatic rings. The van der Waals surface area contributed by atoms with Gasteiger partial charge in [-0.3, -0.25) is 0 Å². The number of alkyl halides is 6. The van der Waals surface area contributed by atoms with Crippen molar-refractivity contribution in [3.05, 3.63) is 59.7 Å². The zero-order valence-electron chi connectivity index (χ0n) is 19.4. The fourth-order valence-electron chi connectivity index (χ4n) is 2.72. The van der Waals surface area contributed by atoms with Gasteiger partial charge in [0.15, 0.2) is 0 Å². The van der Waals surface area contributed by atoms with Crippen LogP contribution in [-0.4, -0.2) is 64.4 Å². The maximum Gasteiger partial charge on any atom is 0.541 e. The molecule has 0 amide bonds. The van der Waals surface area contributed by atoms with Crippen LogP contribution in [0.1, 0.15) is 27.6 Å². The smallest absolute Gasteiger partial charge is 0.465 e. The summed E-state index contributed by atoms with van der Waals surface area (Å²) >= 11 is 0. The summed E-state index contributed by atoms with van der Waals surface area (Å²) in [6.07, 6.45) is -12.3. The maximum absolute atomic E-state index is 13.3. The van der Waals surface area contributed by atoms with Gasteiger partial charge >= 0.3 is 24.7 Å². The molecule has 0 aliphatic carbocycles. The van der Waals surface area contributed by atoms with E-state index in [0.29, 0.717) is 24.3 Å². The predicted molar refractivity (Wildman–Crippen MR) is 113 cm³/mol. The standard InChI is InChI=1S/C19H16F6N2O10S2/c1-3-35-17(29)13-9-5-7-11-15(13)39(32,33)27(37-19(23,24)25)26(36-18(20,21)22)38(30,31)14-10-6-4-8-12(14)16(28)34-2/h4-11H,3H2,1-2H3. The molecule has 0 N–H and O–H groups in total. The number of hydrazine groups is 1. The Labute approximate surface area is 216 Å². The normalized spacial score (nSPS) is 13.0. The van der Waals surface area contributed by atoms with Gasteiger partial charge in [-0.15, -0.1) is 26.3 Å². The summed E-state index contributed by atoms with van der Waals surface area (Å²) in [7, 11) is -11.7. The van der Waals surface area contributed by atoms with Gasteiger partial charge in [0.25, 0.3) is 20.0 Å². The van der Waals surface area contributed by atoms with Gasteiger partial charge in [-0.2, -0.15) is 9.68 Å². The van der Waals surface area contributed by atoms with Crippen molar-refractivity contribution in [3.8, 4) is 0 Å². The van der Waals surface area contributed by atoms with Crippen LogP contribution in [0.3, 0.4) is 0 Å². The van der Waals surface area contributed by atoms with E-state index in [1.807, 2.05) is 0 Å². The van der Waals surface area contributed by atoms with E-state index in [1.165, 1.54) is 6.92 Å². The zero-order chi connectivity index (χ0) is 29.8. The number of hydrogen-bond donors (Lipinski definition) is 0. The van der Waals surface area contributed by atoms with Crippen molar-refractivity contribution in [1.29, 1.82) is 0 Å². The maximum atomic E-state index is 13.3. The first kappa shape index (κ1) is 31.9. The predicted octanol–water partition coefficient (Wildman–Crippen LogP) is 3.15. The number of sulfonamides is 2. The zero-order valence-corrected chi connectivity index (χ0v) is 21.0. The van der Waals surface area contributed by atoms with Crippen LogP contribution in [0.4, 0.5) is 26.3 Å². The van der Waals surface area contributed by atoms with Gasteiger partial charge in [0, 0.05) is 9.16 Å². The van der Waals surface area contributed by atoms with E-state index in [-0.39, 0.29) is 6.61 Å². The number of carbonyl (C=O) groups excluding carboxylic acids is 2. The molecule has 2 aromatic carbocycles. The van der Waals surface area contributed by atoms with Gasteiger partial charge in [0.2, 0.25) is 0 Å². The lowest BCUT2D eigenvalue weighted by molar-refractivity contribution is -0.495. The molecule has 0 radical (unpaired) electrons. The highest BCUT2D eigenvalue weighted by molar-refractivity contribution is 7.92. The molecule has 12 nitrogen and oxygen atoms in total. The highest BCUT2D eigenvalue weighted by Gasteiger charge is 2.53. The van der Waals surface area contributed by atoms with E-state index in [0.717, 1.165) is 31.4 Å². The minimum Gasteiger partial charge on any atom is -0.465 e. The Morgan fingerprint density at radius 2 is 1.08 bits per heavy atom. The summed E-state index contributed by atoms with van der Waals surface area (Å²) in [6.45, 7) is 0.913. The lowest BCUT2D eigenvalue weighted by Crippen LogP contribution is -2.53. The van der Waals surface area contributed by atoms with Crippen LogP contribution < -0.4 is 0 Å². The van der Waals surface area contributed by atoms with E-state index < -0.39 is 74.8 Å². The first-order chi connectivity index (χ1) is 17.9. The molecule has 0 aromatic heterocycles. The van der Waals surface area contributed by atoms with Crippen LogP contribution in [-0.2, 0) is 39.2 Å². The molecule has 0 bridgehead atoms. The second kappa shape index (κ2) is 11.8. The molecule has 20 heteroatoms. The van der Waals surface area contributed by atoms with E-state index in [2.05, 4.69) is 19.1 Å². The van der Waals surface area contributed by atoms with Crippen molar-refractivity contribution in [2.75, 3.05) is 13.7 Å². The number of carbonyl (C=O) groups is 2. The molecule has 216 valence electrons. The number of halogens is 6. The van der Waals surface area contributed by atoms with Crippen molar-refractivity contribution in [3.63, 3.8) is 0 Å². The van der Waals surface area contributed by atoms with Crippen LogP contribution in [0.5, 0.6) is 0 Å². The molecule has 39 heavy (non-hydrogen) atoms. The molecule has 0 heterocycles. The number of nitrogens with zero attached hydrogens (tertiary/aromatic N) is 2. The lowest BCUT2D eigenvalue weighted by Gasteiger charge is -2.31. The molecule has 0 aliphatic heterocycles. The largest absolute Gasteiger partial charge is 0.541 e. The Morgan fingerprint density at radius 3 is 1.41 bits per heavy atom. The molecule has 2 aromatic rings. The third-order valence-electron chi connectivity index (χ3n) is 4.14. The summed E-state index contributed by atoms with van der Waals surface area (Å²) in [5, 5.41) is 0. The summed E-state index contributed by atoms with van der Waals surface area (Å²) in [6, 6.07) is 6.02. The van der Waals surface area contributed by atoms with E-state index in [4.69, 9.17) is 0 Å². The van der Waals surface area contributed by atoms with Crippen molar-refractivity contribution < 1.29 is 71.9 Å². The molecule has 2 rings (SSSR count). The number of ether oxygens (including phenoxy) is 2. The topological polar surface area (TPSA) is 146 Å². The van der Waals surface area contributed by atoms with Crippen LogP contribution in [0.2, 0.25) is 0 Å². The van der Waals surface area contributed by atoms with E-state index in [1.54, 1.807) is 0 Å². The third kappa shape index (κ3) is 7.64. The lowest BCUT2D eigenvalue weighted by atomic mass is 10.2. The fourth-order valence-corrected chi connectivity index (χ4v) is 5.73. The number of esters is 2. The molecular weight excluding hydrogens is 594 g/mol. The second-order valence-corrected chi connectivity index (χ2v) is 10.1. The summed E-state index contributed by atoms with van der Waals surface area (Å²) < 4.78 is 138. The molecule has 0 atom stereocenters. The average Bonchev–Trinajstić information content (AvgIpc) is 2.84. The summed E-state index contributed by atoms with van der Waals surface area (Å²) in [5.41, 5.74) is -2.03. The monoisotopic (exact) mass is 610 g/mol. The Morgan fingerprint density at radius 1 is 0.718 bits per heavy atom. The number of rotatable bonds is 10. The van der Waals surface area contributed by atoms with Crippen molar-refractivity contribution >= 4 is 32.0 Å². The van der Waals surface area contributed by atoms with Crippen molar-refractivity contribution in [1.82, 2.24) is 9.16 Å². The van der Waals surface area contributed by atoms with Gasteiger partial charge in [0.05, 0.1) is 24.8 Å². The van der Waals surface area contributed by atoms with Crippen LogP contribution >= 0.6 is 0 Å². The van der Waals surface area contributed by atoms with Crippen LogP contribution in [0, 0.1) is 0 Å². The van der Waals surface area contributed by atoms with Gasteiger partial charge in [-0.1, -0.05) is 24.3 Å². The fraction of sp³-hybridized carbons (Fsp3) is 0.263. The SMILES string of the molecule is CCOC(=O)c1ccccc1S(=O)(=O)N(OC(F)(F)F)N(OC(F)(F)F)S(=O)(=O)c1ccccc1C(=O)OC. The minimum absolute atomic E-state index is 0.363. The van der Waals surface area contributed by atoms with Crippen LogP contribution in [0.25, 0.3) is 0 Å². The van der Waals surface area contributed by atoms with Gasteiger partial charge < -0.3 is 9.47 Å². The Hall–Kier alpha value is -3.30. The van der Waals surface area contributed by atoms with Gasteiger partial charge in [0.1, 0.15) is 9.79 Å². The van der Waals surface area contributed by atoms with Crippen molar-refractivity contribution in [2.24, 2.45) is 0 Å². The Bertz CT molecular complexity index is 1430. The Balaban J connectivity index is 2.93. The number of methoxy groups -OCH3 is 1. The van der Waals surface area contributed by atoms with Gasteiger partial charge in [-0.05, 0) is 31.2 Å².